The lowest BCUT2D eigenvalue weighted by Gasteiger charge is -2.22. The van der Waals surface area contributed by atoms with Gasteiger partial charge in [-0.2, -0.15) is 13.2 Å². The lowest BCUT2D eigenvalue weighted by Crippen LogP contribution is -2.41. The Morgan fingerprint density at radius 1 is 1.29 bits per heavy atom. The zero-order valence-corrected chi connectivity index (χ0v) is 11.1. The van der Waals surface area contributed by atoms with Gasteiger partial charge in [-0.3, -0.25) is 5.73 Å². The van der Waals surface area contributed by atoms with Crippen LogP contribution in [0.4, 0.5) is 13.2 Å². The fourth-order valence-electron chi connectivity index (χ4n) is 2.10. The number of aliphatic imine (C=N–C) groups is 1. The average Bonchev–Trinajstić information content (AvgIpc) is 3.21. The van der Waals surface area contributed by atoms with Gasteiger partial charge in [-0.25, -0.2) is 4.99 Å². The van der Waals surface area contributed by atoms with Crippen molar-refractivity contribution in [3.05, 3.63) is 41.5 Å². The van der Waals surface area contributed by atoms with Gasteiger partial charge in [-0.15, -0.1) is 0 Å². The number of alkyl halides is 3. The Hall–Kier alpha value is -2.02. The Bertz CT molecular complexity index is 602. The molecule has 7 heteroatoms. The minimum Gasteiger partial charge on any atom is -0.367 e. The highest BCUT2D eigenvalue weighted by molar-refractivity contribution is 6.00. The number of benzene rings is 1. The van der Waals surface area contributed by atoms with Crippen molar-refractivity contribution < 1.29 is 13.2 Å². The van der Waals surface area contributed by atoms with Crippen molar-refractivity contribution >= 4 is 11.5 Å². The highest BCUT2D eigenvalue weighted by Crippen LogP contribution is 2.31. The molecule has 1 aromatic carbocycles. The normalized spacial score (nSPS) is 22.2. The minimum absolute atomic E-state index is 0.396. The molecular formula is C14H15F3N4. The van der Waals surface area contributed by atoms with Gasteiger partial charge in [0.05, 0.1) is 5.56 Å². The van der Waals surface area contributed by atoms with Crippen molar-refractivity contribution in [1.29, 1.82) is 0 Å². The van der Waals surface area contributed by atoms with Crippen LogP contribution in [0.25, 0.3) is 5.70 Å². The van der Waals surface area contributed by atoms with Gasteiger partial charge in [0.15, 0.2) is 6.29 Å². The largest absolute Gasteiger partial charge is 0.416 e. The van der Waals surface area contributed by atoms with Gasteiger partial charge in [-0.05, 0) is 30.5 Å². The maximum Gasteiger partial charge on any atom is 0.416 e. The van der Waals surface area contributed by atoms with Gasteiger partial charge in [0.25, 0.3) is 0 Å². The predicted molar refractivity (Wildman–Crippen MR) is 74.1 cm³/mol. The van der Waals surface area contributed by atoms with Crippen LogP contribution in [-0.4, -0.2) is 18.2 Å². The number of rotatable bonds is 2. The van der Waals surface area contributed by atoms with E-state index in [4.69, 9.17) is 5.73 Å². The molecule has 1 fully saturated rings. The molecule has 3 rings (SSSR count). The van der Waals surface area contributed by atoms with Gasteiger partial charge in [0, 0.05) is 17.8 Å². The molecule has 21 heavy (non-hydrogen) atoms. The molecule has 1 unspecified atom stereocenters. The van der Waals surface area contributed by atoms with E-state index >= 15 is 0 Å². The van der Waals surface area contributed by atoms with Crippen molar-refractivity contribution in [2.45, 2.75) is 31.3 Å². The molecule has 1 aromatic rings. The van der Waals surface area contributed by atoms with Crippen LogP contribution in [-0.2, 0) is 6.18 Å². The molecule has 0 amide bonds. The fourth-order valence-corrected chi connectivity index (χ4v) is 2.10. The molecule has 1 aliphatic carbocycles. The SMILES string of the molecule is NC1N=C(NC2CC2)C=C(c2cccc(C(F)(F)F)c2)N1. The molecule has 4 nitrogen and oxygen atoms in total. The number of halogens is 3. The molecule has 0 spiro atoms. The summed E-state index contributed by atoms with van der Waals surface area (Å²) < 4.78 is 38.3. The Balaban J connectivity index is 1.88. The van der Waals surface area contributed by atoms with Gasteiger partial charge in [-0.1, -0.05) is 12.1 Å². The summed E-state index contributed by atoms with van der Waals surface area (Å²) in [5.41, 5.74) is 6.06. The zero-order chi connectivity index (χ0) is 15.0. The van der Waals surface area contributed by atoms with Gasteiger partial charge in [0.2, 0.25) is 0 Å². The molecule has 4 N–H and O–H groups in total. The number of nitrogens with zero attached hydrogens (tertiary/aromatic N) is 1. The van der Waals surface area contributed by atoms with Crippen molar-refractivity contribution in [2.75, 3.05) is 0 Å². The number of nitrogens with two attached hydrogens (primary N) is 1. The van der Waals surface area contributed by atoms with E-state index in [0.29, 0.717) is 23.1 Å². The van der Waals surface area contributed by atoms with Crippen molar-refractivity contribution in [1.82, 2.24) is 10.6 Å². The van der Waals surface area contributed by atoms with Crippen molar-refractivity contribution in [3.63, 3.8) is 0 Å². The Kier molecular flexibility index (Phi) is 3.36. The second kappa shape index (κ2) is 5.07. The number of hydrogen-bond donors (Lipinski definition) is 3. The molecule has 2 aliphatic rings. The van der Waals surface area contributed by atoms with Crippen LogP contribution in [0.2, 0.25) is 0 Å². The number of nitrogens with one attached hydrogen (secondary N) is 2. The molecule has 0 aromatic heterocycles. The van der Waals surface area contributed by atoms with Gasteiger partial charge in [0.1, 0.15) is 5.84 Å². The predicted octanol–water partition coefficient (Wildman–Crippen LogP) is 2.04. The lowest BCUT2D eigenvalue weighted by molar-refractivity contribution is -0.137. The maximum absolute atomic E-state index is 12.8. The van der Waals surface area contributed by atoms with E-state index in [9.17, 15) is 13.2 Å². The fraction of sp³-hybridized carbons (Fsp3) is 0.357. The van der Waals surface area contributed by atoms with E-state index in [1.165, 1.54) is 6.07 Å². The second-order valence-electron chi connectivity index (χ2n) is 5.16. The third kappa shape index (κ3) is 3.36. The molecule has 0 bridgehead atoms. The Labute approximate surface area is 119 Å². The summed E-state index contributed by atoms with van der Waals surface area (Å²) in [7, 11) is 0. The summed E-state index contributed by atoms with van der Waals surface area (Å²) in [6.07, 6.45) is -1.18. The van der Waals surface area contributed by atoms with Crippen LogP contribution in [0, 0.1) is 0 Å². The molecule has 0 saturated heterocycles. The van der Waals surface area contributed by atoms with E-state index in [1.807, 2.05) is 0 Å². The first-order valence-electron chi connectivity index (χ1n) is 6.67. The summed E-state index contributed by atoms with van der Waals surface area (Å²) >= 11 is 0. The number of amidine groups is 1. The van der Waals surface area contributed by atoms with Gasteiger partial charge < -0.3 is 10.6 Å². The molecule has 0 radical (unpaired) electrons. The second-order valence-corrected chi connectivity index (χ2v) is 5.16. The molecule has 1 atom stereocenters. The van der Waals surface area contributed by atoms with E-state index < -0.39 is 18.0 Å². The summed E-state index contributed by atoms with van der Waals surface area (Å²) in [6.45, 7) is 0. The van der Waals surface area contributed by atoms with E-state index in [-0.39, 0.29) is 0 Å². The van der Waals surface area contributed by atoms with Crippen molar-refractivity contribution in [2.24, 2.45) is 10.7 Å². The standard InChI is InChI=1S/C14H15F3N4/c15-14(16,17)9-3-1-2-8(6-9)11-7-12(19-10-4-5-10)21-13(18)20-11/h1-3,6-7,10,13,20H,4-5,18H2,(H,19,21). The monoisotopic (exact) mass is 296 g/mol. The highest BCUT2D eigenvalue weighted by Gasteiger charge is 2.31. The van der Waals surface area contributed by atoms with Crippen LogP contribution in [0.1, 0.15) is 24.0 Å². The first-order chi connectivity index (χ1) is 9.91. The van der Waals surface area contributed by atoms with E-state index in [0.717, 1.165) is 25.0 Å². The van der Waals surface area contributed by atoms with Crippen molar-refractivity contribution in [3.8, 4) is 0 Å². The highest BCUT2D eigenvalue weighted by atomic mass is 19.4. The first-order valence-corrected chi connectivity index (χ1v) is 6.67. The molecule has 1 aliphatic heterocycles. The Morgan fingerprint density at radius 3 is 2.71 bits per heavy atom. The van der Waals surface area contributed by atoms with Gasteiger partial charge >= 0.3 is 6.18 Å². The van der Waals surface area contributed by atoms with E-state index in [2.05, 4.69) is 15.6 Å². The average molecular weight is 296 g/mol. The molecule has 112 valence electrons. The topological polar surface area (TPSA) is 62.4 Å². The zero-order valence-electron chi connectivity index (χ0n) is 11.1. The third-order valence-corrected chi connectivity index (χ3v) is 3.29. The summed E-state index contributed by atoms with van der Waals surface area (Å²) in [5.74, 6) is 0.608. The van der Waals surface area contributed by atoms with E-state index in [1.54, 1.807) is 12.1 Å². The van der Waals surface area contributed by atoms with Crippen LogP contribution in [0.3, 0.4) is 0 Å². The first kappa shape index (κ1) is 13.9. The lowest BCUT2D eigenvalue weighted by atomic mass is 10.1. The molecule has 1 heterocycles. The molecule has 1 saturated carbocycles. The van der Waals surface area contributed by atoms with Crippen LogP contribution < -0.4 is 16.4 Å². The number of hydrogen-bond acceptors (Lipinski definition) is 4. The van der Waals surface area contributed by atoms with Crippen LogP contribution in [0.5, 0.6) is 0 Å². The molecular weight excluding hydrogens is 281 g/mol. The Morgan fingerprint density at radius 2 is 2.05 bits per heavy atom. The summed E-state index contributed by atoms with van der Waals surface area (Å²) in [6, 6.07) is 5.54. The third-order valence-electron chi connectivity index (χ3n) is 3.29. The van der Waals surface area contributed by atoms with Crippen LogP contribution in [0.15, 0.2) is 35.3 Å². The summed E-state index contributed by atoms with van der Waals surface area (Å²) in [4.78, 5) is 4.18. The smallest absolute Gasteiger partial charge is 0.367 e. The van der Waals surface area contributed by atoms with Crippen LogP contribution >= 0.6 is 0 Å². The quantitative estimate of drug-likeness (QED) is 0.782. The minimum atomic E-state index is -4.36. The maximum atomic E-state index is 12.8. The summed E-state index contributed by atoms with van der Waals surface area (Å²) in [5, 5.41) is 6.08.